The predicted octanol–water partition coefficient (Wildman–Crippen LogP) is 9.22. The zero-order valence-electron chi connectivity index (χ0n) is 18.7. The molecule has 0 aliphatic heterocycles. The van der Waals surface area contributed by atoms with Crippen LogP contribution in [0.15, 0.2) is 48.5 Å². The second-order valence-corrected chi connectivity index (χ2v) is 13.2. The molecule has 3 aromatic carbocycles. The number of fused-ring (bicyclic) bond motifs is 1. The average Bonchev–Trinajstić information content (AvgIpc) is 3.02. The van der Waals surface area contributed by atoms with E-state index in [0.717, 1.165) is 6.42 Å². The van der Waals surface area contributed by atoms with Crippen LogP contribution in [-0.4, -0.2) is 0 Å². The van der Waals surface area contributed by atoms with Gasteiger partial charge in [-0.25, -0.2) is 0 Å². The maximum absolute atomic E-state index is 4.93. The van der Waals surface area contributed by atoms with Crippen molar-refractivity contribution in [2.24, 2.45) is 5.92 Å². The molecule has 0 N–H and O–H groups in total. The Balaban J connectivity index is 0.000000941. The number of rotatable bonds is 4. The molecule has 0 saturated carbocycles. The van der Waals surface area contributed by atoms with Gasteiger partial charge in [0.1, 0.15) is 0 Å². The van der Waals surface area contributed by atoms with Gasteiger partial charge in [-0.05, 0) is 34.8 Å². The first-order valence-corrected chi connectivity index (χ1v) is 16.7. The molecule has 0 radical (unpaired) electrons. The fourth-order valence-electron chi connectivity index (χ4n) is 4.08. The second-order valence-electron chi connectivity index (χ2n) is 9.52. The van der Waals surface area contributed by atoms with Crippen LogP contribution in [0.2, 0.25) is 0 Å². The predicted molar refractivity (Wildman–Crippen MR) is 128 cm³/mol. The fourth-order valence-corrected chi connectivity index (χ4v) is 4.08. The molecule has 3 aromatic rings. The Morgan fingerprint density at radius 1 is 0.966 bits per heavy atom. The van der Waals surface area contributed by atoms with Crippen LogP contribution < -0.4 is 0 Å². The Labute approximate surface area is 196 Å². The monoisotopic (exact) mass is 505 g/mol. The van der Waals surface area contributed by atoms with Crippen molar-refractivity contribution in [3.8, 4) is 11.1 Å². The number of hydrogen-bond donors (Lipinski definition) is 0. The Morgan fingerprint density at radius 2 is 1.59 bits per heavy atom. The van der Waals surface area contributed by atoms with Crippen molar-refractivity contribution in [3.63, 3.8) is 0 Å². The van der Waals surface area contributed by atoms with Crippen LogP contribution in [0.3, 0.4) is 0 Å². The topological polar surface area (TPSA) is 0 Å². The molecule has 0 spiro atoms. The fraction of sp³-hybridized carbons (Fsp3) is 0.423. The summed E-state index contributed by atoms with van der Waals surface area (Å²) in [7, 11) is 9.87. The van der Waals surface area contributed by atoms with Crippen LogP contribution in [0, 0.1) is 5.92 Å². The van der Waals surface area contributed by atoms with Gasteiger partial charge in [-0.15, -0.1) is 34.5 Å². The second kappa shape index (κ2) is 10.7. The molecule has 0 saturated heterocycles. The van der Waals surface area contributed by atoms with Crippen LogP contribution >= 0.6 is 17.0 Å². The SMILES string of the molecule is CC(C)Cc1cc2c(-c3ccccc3C(C)C)c(C(C)(C)C)ccc2[cH-]1.[Cl][Zr][Cl]. The molecular formula is C26H33Cl2Zr-. The molecule has 0 aliphatic carbocycles. The van der Waals surface area contributed by atoms with Crippen LogP contribution in [0.4, 0.5) is 0 Å². The van der Waals surface area contributed by atoms with Gasteiger partial charge in [-0.3, -0.25) is 0 Å². The van der Waals surface area contributed by atoms with Crippen molar-refractivity contribution in [1.29, 1.82) is 0 Å². The van der Waals surface area contributed by atoms with Gasteiger partial charge in [-0.2, -0.15) is 6.07 Å². The number of halogens is 2. The van der Waals surface area contributed by atoms with Gasteiger partial charge in [0, 0.05) is 0 Å². The first kappa shape index (κ1) is 24.8. The summed E-state index contributed by atoms with van der Waals surface area (Å²) >= 11 is -0.826. The molecule has 29 heavy (non-hydrogen) atoms. The molecule has 0 aromatic heterocycles. The molecule has 0 atom stereocenters. The van der Waals surface area contributed by atoms with Crippen molar-refractivity contribution in [3.05, 3.63) is 65.2 Å². The third kappa shape index (κ3) is 6.25. The van der Waals surface area contributed by atoms with Gasteiger partial charge in [0.2, 0.25) is 0 Å². The van der Waals surface area contributed by atoms with E-state index in [1.165, 1.54) is 38.6 Å². The van der Waals surface area contributed by atoms with Crippen molar-refractivity contribution in [2.45, 2.75) is 66.2 Å². The molecule has 0 unspecified atom stereocenters. The van der Waals surface area contributed by atoms with Crippen LogP contribution in [0.25, 0.3) is 21.9 Å². The molecule has 3 heteroatoms. The molecule has 0 amide bonds. The normalized spacial score (nSPS) is 11.7. The molecule has 0 fully saturated rings. The van der Waals surface area contributed by atoms with Gasteiger partial charge < -0.3 is 0 Å². The zero-order valence-corrected chi connectivity index (χ0v) is 22.7. The molecule has 0 heterocycles. The molecule has 0 bridgehead atoms. The van der Waals surface area contributed by atoms with Crippen molar-refractivity contribution in [1.82, 2.24) is 0 Å². The van der Waals surface area contributed by atoms with Crippen molar-refractivity contribution < 1.29 is 20.8 Å². The Bertz CT molecular complexity index is 930. The quantitative estimate of drug-likeness (QED) is 0.309. The van der Waals surface area contributed by atoms with E-state index in [1.807, 2.05) is 0 Å². The Morgan fingerprint density at radius 3 is 2.14 bits per heavy atom. The summed E-state index contributed by atoms with van der Waals surface area (Å²) in [4.78, 5) is 0. The summed E-state index contributed by atoms with van der Waals surface area (Å²) in [5, 5.41) is 2.79. The van der Waals surface area contributed by atoms with E-state index in [0.29, 0.717) is 11.8 Å². The molecule has 156 valence electrons. The van der Waals surface area contributed by atoms with Crippen LogP contribution in [0.5, 0.6) is 0 Å². The van der Waals surface area contributed by atoms with E-state index < -0.39 is 20.8 Å². The van der Waals surface area contributed by atoms with E-state index in [2.05, 4.69) is 97.0 Å². The van der Waals surface area contributed by atoms with Gasteiger partial charge in [-0.1, -0.05) is 83.9 Å². The van der Waals surface area contributed by atoms with Crippen LogP contribution in [0.1, 0.15) is 71.1 Å². The molecule has 0 nitrogen and oxygen atoms in total. The summed E-state index contributed by atoms with van der Waals surface area (Å²) in [5.74, 6) is 1.19. The van der Waals surface area contributed by atoms with Crippen molar-refractivity contribution >= 4 is 27.8 Å². The third-order valence-corrected chi connectivity index (χ3v) is 5.25. The zero-order chi connectivity index (χ0) is 21.8. The maximum atomic E-state index is 4.93. The van der Waals surface area contributed by atoms with Crippen molar-refractivity contribution in [2.75, 3.05) is 0 Å². The minimum absolute atomic E-state index is 0.114. The average molecular weight is 508 g/mol. The molecule has 0 aliphatic rings. The third-order valence-electron chi connectivity index (χ3n) is 5.25. The van der Waals surface area contributed by atoms with E-state index >= 15 is 0 Å². The minimum atomic E-state index is -0.826. The first-order chi connectivity index (χ1) is 13.6. The number of hydrogen-bond acceptors (Lipinski definition) is 0. The van der Waals surface area contributed by atoms with Crippen LogP contribution in [-0.2, 0) is 32.7 Å². The van der Waals surface area contributed by atoms with E-state index in [9.17, 15) is 0 Å². The van der Waals surface area contributed by atoms with Gasteiger partial charge in [0.25, 0.3) is 0 Å². The van der Waals surface area contributed by atoms with E-state index in [1.54, 1.807) is 0 Å². The molecular weight excluding hydrogens is 474 g/mol. The first-order valence-electron chi connectivity index (χ1n) is 10.4. The Hall–Kier alpha value is -0.487. The van der Waals surface area contributed by atoms with Gasteiger partial charge >= 0.3 is 37.9 Å². The summed E-state index contributed by atoms with van der Waals surface area (Å²) in [6.07, 6.45) is 1.14. The summed E-state index contributed by atoms with van der Waals surface area (Å²) in [6.45, 7) is 16.2. The summed E-state index contributed by atoms with van der Waals surface area (Å²) in [6, 6.07) is 18.5. The van der Waals surface area contributed by atoms with E-state index in [4.69, 9.17) is 17.0 Å². The molecule has 3 rings (SSSR count). The van der Waals surface area contributed by atoms with E-state index in [-0.39, 0.29) is 5.41 Å². The number of benzene rings is 2. The standard InChI is InChI=1S/C26H33.2ClH.Zr/c1-17(2)14-19-15-20-12-13-24(26(5,6)7)25(23(20)16-19)22-11-9-8-10-21(22)18(3)4;;;/h8-13,15-18H,14H2,1-7H3;2*1H;/q-1;;;+2/p-2. The summed E-state index contributed by atoms with van der Waals surface area (Å²) in [5.41, 5.74) is 7.30. The van der Waals surface area contributed by atoms with Gasteiger partial charge in [0.15, 0.2) is 0 Å². The van der Waals surface area contributed by atoms with Gasteiger partial charge in [0.05, 0.1) is 0 Å². The Kier molecular flexibility index (Phi) is 9.14. The summed E-state index contributed by atoms with van der Waals surface area (Å²) < 4.78 is 0.